The van der Waals surface area contributed by atoms with Gasteiger partial charge >= 0.3 is 0 Å². The van der Waals surface area contributed by atoms with Crippen LogP contribution in [0.3, 0.4) is 0 Å². The Kier molecular flexibility index (Phi) is 6.34. The maximum Gasteiger partial charge on any atom is 0.253 e. The molecule has 1 fully saturated rings. The summed E-state index contributed by atoms with van der Waals surface area (Å²) < 4.78 is 0. The molecule has 0 unspecified atom stereocenters. The molecule has 3 nitrogen and oxygen atoms in total. The van der Waals surface area contributed by atoms with Gasteiger partial charge in [-0.05, 0) is 56.5 Å². The first-order chi connectivity index (χ1) is 10.1. The van der Waals surface area contributed by atoms with E-state index in [2.05, 4.69) is 12.2 Å². The molecule has 1 aliphatic rings. The minimum absolute atomic E-state index is 0.0276. The lowest BCUT2D eigenvalue weighted by Gasteiger charge is -2.30. The topological polar surface area (TPSA) is 32.3 Å². The van der Waals surface area contributed by atoms with E-state index in [4.69, 9.17) is 23.2 Å². The summed E-state index contributed by atoms with van der Waals surface area (Å²) in [6, 6.07) is 5.04. The first-order valence-electron chi connectivity index (χ1n) is 7.56. The van der Waals surface area contributed by atoms with Crippen LogP contribution in [0, 0.1) is 5.92 Å². The lowest BCUT2D eigenvalue weighted by atomic mass is 9.97. The van der Waals surface area contributed by atoms with Gasteiger partial charge in [-0.2, -0.15) is 0 Å². The Morgan fingerprint density at radius 1 is 1.24 bits per heavy atom. The van der Waals surface area contributed by atoms with Crippen molar-refractivity contribution >= 4 is 29.1 Å². The van der Waals surface area contributed by atoms with E-state index in [1.165, 1.54) is 0 Å². The summed E-state index contributed by atoms with van der Waals surface area (Å²) >= 11 is 12.0. The average Bonchev–Trinajstić information content (AvgIpc) is 2.46. The van der Waals surface area contributed by atoms with Crippen LogP contribution >= 0.6 is 23.2 Å². The lowest BCUT2D eigenvalue weighted by Crippen LogP contribution is -2.39. The van der Waals surface area contributed by atoms with E-state index in [1.54, 1.807) is 18.2 Å². The van der Waals surface area contributed by atoms with Crippen molar-refractivity contribution in [1.82, 2.24) is 10.2 Å². The molecule has 1 heterocycles. The van der Waals surface area contributed by atoms with Gasteiger partial charge in [-0.1, -0.05) is 30.1 Å². The molecule has 5 heteroatoms. The molecule has 2 rings (SSSR count). The number of halogens is 2. The van der Waals surface area contributed by atoms with Crippen molar-refractivity contribution in [3.8, 4) is 0 Å². The maximum atomic E-state index is 12.7. The fourth-order valence-corrected chi connectivity index (χ4v) is 3.31. The van der Waals surface area contributed by atoms with Gasteiger partial charge in [-0.15, -0.1) is 0 Å². The van der Waals surface area contributed by atoms with Gasteiger partial charge in [0.2, 0.25) is 0 Å². The number of nitrogens with zero attached hydrogens (tertiary/aromatic N) is 1. The molecule has 0 spiro atoms. The predicted octanol–water partition coefficient (Wildman–Crippen LogP) is 3.85. The lowest BCUT2D eigenvalue weighted by molar-refractivity contribution is 0.0716. The summed E-state index contributed by atoms with van der Waals surface area (Å²) in [6.45, 7) is 5.77. The van der Waals surface area contributed by atoms with Crippen LogP contribution < -0.4 is 5.32 Å². The third-order valence-corrected chi connectivity index (χ3v) is 4.26. The molecular formula is C16H22Cl2N2O. The normalized spacial score (nSPS) is 16.0. The molecule has 21 heavy (non-hydrogen) atoms. The van der Waals surface area contributed by atoms with E-state index >= 15 is 0 Å². The highest BCUT2D eigenvalue weighted by Gasteiger charge is 2.21. The quantitative estimate of drug-likeness (QED) is 0.890. The zero-order chi connectivity index (χ0) is 15.2. The summed E-state index contributed by atoms with van der Waals surface area (Å²) in [5.74, 6) is 0.608. The van der Waals surface area contributed by atoms with Gasteiger partial charge < -0.3 is 10.2 Å². The van der Waals surface area contributed by atoms with Crippen molar-refractivity contribution in [2.75, 3.05) is 26.2 Å². The van der Waals surface area contributed by atoms with Gasteiger partial charge in [0.05, 0.1) is 0 Å². The molecule has 0 atom stereocenters. The van der Waals surface area contributed by atoms with Crippen molar-refractivity contribution in [1.29, 1.82) is 0 Å². The molecule has 1 saturated heterocycles. The molecule has 1 aliphatic heterocycles. The summed E-state index contributed by atoms with van der Waals surface area (Å²) in [5, 5.41) is 4.37. The number of hydrogen-bond donors (Lipinski definition) is 1. The summed E-state index contributed by atoms with van der Waals surface area (Å²) in [4.78, 5) is 14.6. The highest BCUT2D eigenvalue weighted by atomic mass is 35.5. The van der Waals surface area contributed by atoms with Crippen molar-refractivity contribution < 1.29 is 4.79 Å². The van der Waals surface area contributed by atoms with Crippen molar-refractivity contribution in [3.05, 3.63) is 33.8 Å². The van der Waals surface area contributed by atoms with Crippen LogP contribution in [0.4, 0.5) is 0 Å². The highest BCUT2D eigenvalue weighted by molar-refractivity contribution is 6.35. The standard InChI is InChI=1S/C16H22Cl2N2O/c1-2-7-20(11-12-3-5-19-6-4-12)16(21)13-8-14(17)10-15(18)9-13/h8-10,12,19H,2-7,11H2,1H3. The first-order valence-corrected chi connectivity index (χ1v) is 8.32. The van der Waals surface area contributed by atoms with Crippen LogP contribution in [-0.4, -0.2) is 37.0 Å². The van der Waals surface area contributed by atoms with Gasteiger partial charge in [0.1, 0.15) is 0 Å². The Bertz CT molecular complexity index is 467. The molecule has 1 amide bonds. The summed E-state index contributed by atoms with van der Waals surface area (Å²) in [7, 11) is 0. The molecule has 0 saturated carbocycles. The number of piperidine rings is 1. The fourth-order valence-electron chi connectivity index (χ4n) is 2.78. The van der Waals surface area contributed by atoms with Crippen LogP contribution in [0.1, 0.15) is 36.5 Å². The molecule has 1 N–H and O–H groups in total. The van der Waals surface area contributed by atoms with E-state index in [-0.39, 0.29) is 5.91 Å². The first kappa shape index (κ1) is 16.6. The van der Waals surface area contributed by atoms with E-state index in [9.17, 15) is 4.79 Å². The SMILES string of the molecule is CCCN(CC1CCNCC1)C(=O)c1cc(Cl)cc(Cl)c1. The molecule has 0 aromatic heterocycles. The van der Waals surface area contributed by atoms with Crippen molar-refractivity contribution in [3.63, 3.8) is 0 Å². The van der Waals surface area contributed by atoms with Crippen LogP contribution in [0.2, 0.25) is 10.0 Å². The second kappa shape index (κ2) is 8.02. The van der Waals surface area contributed by atoms with E-state index in [0.29, 0.717) is 21.5 Å². The third-order valence-electron chi connectivity index (χ3n) is 3.83. The zero-order valence-electron chi connectivity index (χ0n) is 12.4. The van der Waals surface area contributed by atoms with E-state index in [1.807, 2.05) is 4.90 Å². The number of rotatable bonds is 5. The Morgan fingerprint density at radius 3 is 2.43 bits per heavy atom. The average molecular weight is 329 g/mol. The van der Waals surface area contributed by atoms with E-state index in [0.717, 1.165) is 45.4 Å². The predicted molar refractivity (Wildman–Crippen MR) is 88.3 cm³/mol. The molecular weight excluding hydrogens is 307 g/mol. The number of hydrogen-bond acceptors (Lipinski definition) is 2. The summed E-state index contributed by atoms with van der Waals surface area (Å²) in [6.07, 6.45) is 3.21. The van der Waals surface area contributed by atoms with Crippen molar-refractivity contribution in [2.45, 2.75) is 26.2 Å². The summed E-state index contributed by atoms with van der Waals surface area (Å²) in [5.41, 5.74) is 0.579. The van der Waals surface area contributed by atoms with Crippen molar-refractivity contribution in [2.24, 2.45) is 5.92 Å². The molecule has 0 aliphatic carbocycles. The fraction of sp³-hybridized carbons (Fsp3) is 0.562. The van der Waals surface area contributed by atoms with Crippen LogP contribution in [0.25, 0.3) is 0 Å². The van der Waals surface area contributed by atoms with Crippen LogP contribution in [0.5, 0.6) is 0 Å². The van der Waals surface area contributed by atoms with Crippen LogP contribution in [0.15, 0.2) is 18.2 Å². The minimum atomic E-state index is 0.0276. The number of nitrogens with one attached hydrogen (secondary N) is 1. The smallest absolute Gasteiger partial charge is 0.253 e. The minimum Gasteiger partial charge on any atom is -0.338 e. The second-order valence-corrected chi connectivity index (χ2v) is 6.48. The van der Waals surface area contributed by atoms with Gasteiger partial charge in [0.25, 0.3) is 5.91 Å². The number of amides is 1. The molecule has 0 radical (unpaired) electrons. The molecule has 1 aromatic rings. The molecule has 1 aromatic carbocycles. The van der Waals surface area contributed by atoms with Gasteiger partial charge in [-0.3, -0.25) is 4.79 Å². The third kappa shape index (κ3) is 4.87. The Balaban J connectivity index is 2.10. The van der Waals surface area contributed by atoms with Gasteiger partial charge in [0, 0.05) is 28.7 Å². The highest BCUT2D eigenvalue weighted by Crippen LogP contribution is 2.21. The number of benzene rings is 1. The Labute approximate surface area is 136 Å². The number of carbonyl (C=O) groups excluding carboxylic acids is 1. The second-order valence-electron chi connectivity index (χ2n) is 5.60. The number of carbonyl (C=O) groups is 1. The molecule has 0 bridgehead atoms. The zero-order valence-corrected chi connectivity index (χ0v) is 13.9. The maximum absolute atomic E-state index is 12.7. The van der Waals surface area contributed by atoms with E-state index < -0.39 is 0 Å². The van der Waals surface area contributed by atoms with Gasteiger partial charge in [0.15, 0.2) is 0 Å². The Hall–Kier alpha value is -0.770. The molecule has 116 valence electrons. The monoisotopic (exact) mass is 328 g/mol. The Morgan fingerprint density at radius 2 is 1.86 bits per heavy atom. The van der Waals surface area contributed by atoms with Gasteiger partial charge in [-0.25, -0.2) is 0 Å². The van der Waals surface area contributed by atoms with Crippen LogP contribution in [-0.2, 0) is 0 Å². The largest absolute Gasteiger partial charge is 0.338 e.